The van der Waals surface area contributed by atoms with Gasteiger partial charge in [-0.2, -0.15) is 0 Å². The molecule has 1 aliphatic rings. The van der Waals surface area contributed by atoms with Gasteiger partial charge in [0.25, 0.3) is 5.91 Å². The van der Waals surface area contributed by atoms with Crippen LogP contribution in [-0.4, -0.2) is 36.1 Å². The highest BCUT2D eigenvalue weighted by molar-refractivity contribution is 7.21. The Morgan fingerprint density at radius 2 is 2.24 bits per heavy atom. The van der Waals surface area contributed by atoms with Gasteiger partial charge in [-0.05, 0) is 24.7 Å². The van der Waals surface area contributed by atoms with Crippen LogP contribution in [0.25, 0.3) is 10.3 Å². The number of nitrogen functional groups attached to an aromatic ring is 1. The van der Waals surface area contributed by atoms with Crippen LogP contribution in [0.15, 0.2) is 12.4 Å². The Balaban J connectivity index is 1.69. The molecule has 0 unspecified atom stereocenters. The number of nitrogens with one attached hydrogen (secondary N) is 1. The molecule has 2 aromatic rings. The number of fused-ring (bicyclic) bond motifs is 1. The third-order valence-corrected chi connectivity index (χ3v) is 5.09. The fraction of sp³-hybridized carbons (Fsp3) is 0.500. The van der Waals surface area contributed by atoms with Crippen molar-refractivity contribution in [2.45, 2.75) is 19.3 Å². The first-order valence-electron chi connectivity index (χ1n) is 6.91. The number of carbonyl (C=O) groups excluding carboxylic acids is 1. The van der Waals surface area contributed by atoms with Crippen molar-refractivity contribution in [2.24, 2.45) is 5.41 Å². The maximum Gasteiger partial charge on any atom is 0.263 e. The van der Waals surface area contributed by atoms with Gasteiger partial charge in [-0.1, -0.05) is 0 Å². The molecule has 2 aromatic heterocycles. The second-order valence-corrected chi connectivity index (χ2v) is 6.48. The number of amides is 1. The molecule has 1 amide bonds. The van der Waals surface area contributed by atoms with Crippen molar-refractivity contribution in [2.75, 3.05) is 26.0 Å². The molecule has 0 saturated heterocycles. The summed E-state index contributed by atoms with van der Waals surface area (Å²) in [5.41, 5.74) is 7.24. The average molecular weight is 306 g/mol. The minimum absolute atomic E-state index is 0.138. The zero-order chi connectivity index (χ0) is 14.9. The molecule has 1 saturated carbocycles. The SMILES string of the molecule is COCCC1(CNC(=O)c2sc3nccnc3c2N)CC1. The minimum atomic E-state index is -0.138. The number of aromatic nitrogens is 2. The van der Waals surface area contributed by atoms with Crippen LogP contribution in [0, 0.1) is 5.41 Å². The lowest BCUT2D eigenvalue weighted by Gasteiger charge is -2.15. The number of hydrogen-bond acceptors (Lipinski definition) is 6. The number of rotatable bonds is 6. The first-order chi connectivity index (χ1) is 10.2. The van der Waals surface area contributed by atoms with Crippen molar-refractivity contribution >= 4 is 33.3 Å². The molecular formula is C14H18N4O2S. The first-order valence-corrected chi connectivity index (χ1v) is 7.73. The summed E-state index contributed by atoms with van der Waals surface area (Å²) >= 11 is 1.29. The van der Waals surface area contributed by atoms with E-state index in [1.807, 2.05) is 0 Å². The largest absolute Gasteiger partial charge is 0.396 e. The van der Waals surface area contributed by atoms with Gasteiger partial charge in [0.15, 0.2) is 0 Å². The molecule has 3 rings (SSSR count). The molecule has 0 radical (unpaired) electrons. The van der Waals surface area contributed by atoms with E-state index in [0.29, 0.717) is 27.5 Å². The van der Waals surface area contributed by atoms with Crippen LogP contribution >= 0.6 is 11.3 Å². The Morgan fingerprint density at radius 3 is 2.90 bits per heavy atom. The summed E-state index contributed by atoms with van der Waals surface area (Å²) in [7, 11) is 1.70. The summed E-state index contributed by atoms with van der Waals surface area (Å²) < 4.78 is 5.12. The van der Waals surface area contributed by atoms with Crippen LogP contribution < -0.4 is 11.1 Å². The van der Waals surface area contributed by atoms with Crippen molar-refractivity contribution in [3.63, 3.8) is 0 Å². The van der Waals surface area contributed by atoms with E-state index in [0.717, 1.165) is 25.9 Å². The summed E-state index contributed by atoms with van der Waals surface area (Å²) in [5.74, 6) is -0.138. The molecule has 1 aliphatic carbocycles. The molecule has 6 nitrogen and oxygen atoms in total. The quantitative estimate of drug-likeness (QED) is 0.849. The molecule has 3 N–H and O–H groups in total. The van der Waals surface area contributed by atoms with Crippen molar-refractivity contribution in [1.82, 2.24) is 15.3 Å². The fourth-order valence-corrected chi connectivity index (χ4v) is 3.31. The number of nitrogens with two attached hydrogens (primary N) is 1. The van der Waals surface area contributed by atoms with Crippen LogP contribution in [0.2, 0.25) is 0 Å². The average Bonchev–Trinajstić information content (AvgIpc) is 3.21. The highest BCUT2D eigenvalue weighted by atomic mass is 32.1. The van der Waals surface area contributed by atoms with Crippen LogP contribution in [0.3, 0.4) is 0 Å². The van der Waals surface area contributed by atoms with Gasteiger partial charge < -0.3 is 15.8 Å². The summed E-state index contributed by atoms with van der Waals surface area (Å²) in [4.78, 5) is 21.9. The van der Waals surface area contributed by atoms with Gasteiger partial charge in [0, 0.05) is 32.7 Å². The van der Waals surface area contributed by atoms with Gasteiger partial charge in [-0.25, -0.2) is 9.97 Å². The molecule has 0 spiro atoms. The molecule has 0 aromatic carbocycles. The standard InChI is InChI=1S/C14H18N4O2S/c1-20-7-4-14(2-3-14)8-18-12(19)11-9(15)10-13(21-11)17-6-5-16-10/h5-6H,2-4,7-8,15H2,1H3,(H,18,19). The number of carbonyl (C=O) groups is 1. The van der Waals surface area contributed by atoms with E-state index in [9.17, 15) is 4.79 Å². The molecule has 1 fully saturated rings. The smallest absolute Gasteiger partial charge is 0.263 e. The van der Waals surface area contributed by atoms with Gasteiger partial charge in [-0.15, -0.1) is 11.3 Å². The highest BCUT2D eigenvalue weighted by Gasteiger charge is 2.42. The van der Waals surface area contributed by atoms with Crippen LogP contribution in [0.4, 0.5) is 5.69 Å². The van der Waals surface area contributed by atoms with Crippen molar-refractivity contribution < 1.29 is 9.53 Å². The normalized spacial score (nSPS) is 16.0. The van der Waals surface area contributed by atoms with E-state index in [-0.39, 0.29) is 11.3 Å². The van der Waals surface area contributed by atoms with Crippen molar-refractivity contribution in [3.8, 4) is 0 Å². The number of methoxy groups -OCH3 is 1. The Bertz CT molecular complexity index is 666. The van der Waals surface area contributed by atoms with Gasteiger partial charge >= 0.3 is 0 Å². The topological polar surface area (TPSA) is 90.1 Å². The lowest BCUT2D eigenvalue weighted by molar-refractivity contribution is 0.0943. The summed E-state index contributed by atoms with van der Waals surface area (Å²) in [6.45, 7) is 1.40. The molecule has 21 heavy (non-hydrogen) atoms. The zero-order valence-corrected chi connectivity index (χ0v) is 12.7. The summed E-state index contributed by atoms with van der Waals surface area (Å²) in [6, 6.07) is 0. The third kappa shape index (κ3) is 2.84. The number of thiophene rings is 1. The number of ether oxygens (including phenoxy) is 1. The van der Waals surface area contributed by atoms with Crippen molar-refractivity contribution in [3.05, 3.63) is 17.3 Å². The predicted octanol–water partition coefficient (Wildman–Crippen LogP) is 1.82. The van der Waals surface area contributed by atoms with E-state index in [2.05, 4.69) is 15.3 Å². The van der Waals surface area contributed by atoms with Gasteiger partial charge in [0.2, 0.25) is 0 Å². The first kappa shape index (κ1) is 14.2. The lowest BCUT2D eigenvalue weighted by Crippen LogP contribution is -2.30. The fourth-order valence-electron chi connectivity index (χ4n) is 2.37. The molecule has 7 heteroatoms. The van der Waals surface area contributed by atoms with E-state index >= 15 is 0 Å². The lowest BCUT2D eigenvalue weighted by atomic mass is 10.0. The van der Waals surface area contributed by atoms with Crippen LogP contribution in [0.5, 0.6) is 0 Å². The third-order valence-electron chi connectivity index (χ3n) is 3.99. The number of nitrogens with zero attached hydrogens (tertiary/aromatic N) is 2. The van der Waals surface area contributed by atoms with E-state index in [4.69, 9.17) is 10.5 Å². The Morgan fingerprint density at radius 1 is 1.48 bits per heavy atom. The second-order valence-electron chi connectivity index (χ2n) is 5.48. The maximum absolute atomic E-state index is 12.3. The zero-order valence-electron chi connectivity index (χ0n) is 11.9. The number of anilines is 1. The van der Waals surface area contributed by atoms with Gasteiger partial charge in [0.1, 0.15) is 15.2 Å². The highest BCUT2D eigenvalue weighted by Crippen LogP contribution is 2.48. The van der Waals surface area contributed by atoms with Crippen LogP contribution in [-0.2, 0) is 4.74 Å². The summed E-state index contributed by atoms with van der Waals surface area (Å²) in [5, 5.41) is 2.99. The Kier molecular flexibility index (Phi) is 3.77. The Hall–Kier alpha value is -1.73. The molecule has 2 heterocycles. The predicted molar refractivity (Wildman–Crippen MR) is 82.3 cm³/mol. The van der Waals surface area contributed by atoms with Gasteiger partial charge in [-0.3, -0.25) is 4.79 Å². The Labute approximate surface area is 126 Å². The molecular weight excluding hydrogens is 288 g/mol. The van der Waals surface area contributed by atoms with Crippen LogP contribution in [0.1, 0.15) is 28.9 Å². The molecule has 0 aliphatic heterocycles. The monoisotopic (exact) mass is 306 g/mol. The maximum atomic E-state index is 12.3. The van der Waals surface area contributed by atoms with Crippen molar-refractivity contribution in [1.29, 1.82) is 0 Å². The van der Waals surface area contributed by atoms with E-state index in [1.165, 1.54) is 11.3 Å². The molecule has 0 atom stereocenters. The van der Waals surface area contributed by atoms with E-state index in [1.54, 1.807) is 19.5 Å². The van der Waals surface area contributed by atoms with E-state index < -0.39 is 0 Å². The molecule has 0 bridgehead atoms. The minimum Gasteiger partial charge on any atom is -0.396 e. The number of hydrogen-bond donors (Lipinski definition) is 2. The molecule has 112 valence electrons. The summed E-state index contributed by atoms with van der Waals surface area (Å²) in [6.07, 6.45) is 6.44. The van der Waals surface area contributed by atoms with Gasteiger partial charge in [0.05, 0.1) is 5.69 Å². The second kappa shape index (κ2) is 5.57.